The molecule has 3 rings (SSSR count). The van der Waals surface area contributed by atoms with Crippen LogP contribution in [0.25, 0.3) is 11.0 Å². The molecule has 1 atom stereocenters. The fourth-order valence-corrected chi connectivity index (χ4v) is 4.28. The molecule has 1 amide bonds. The zero-order valence-electron chi connectivity index (χ0n) is 16.2. The summed E-state index contributed by atoms with van der Waals surface area (Å²) in [6.07, 6.45) is 3.98. The van der Waals surface area contributed by atoms with Crippen LogP contribution in [-0.4, -0.2) is 49.5 Å². The average molecular weight is 378 g/mol. The smallest absolute Gasteiger partial charge is 0.265 e. The first-order valence-corrected chi connectivity index (χ1v) is 10.1. The summed E-state index contributed by atoms with van der Waals surface area (Å²) >= 11 is 1.54. The third-order valence-corrected chi connectivity index (χ3v) is 5.79. The second kappa shape index (κ2) is 7.06. The zero-order chi connectivity index (χ0) is 19.1. The first-order valence-electron chi connectivity index (χ1n) is 9.11. The molecule has 0 spiro atoms. The Morgan fingerprint density at radius 2 is 2.15 bits per heavy atom. The van der Waals surface area contributed by atoms with Gasteiger partial charge in [-0.05, 0) is 27.2 Å². The van der Waals surface area contributed by atoms with Gasteiger partial charge in [0, 0.05) is 25.8 Å². The van der Waals surface area contributed by atoms with Crippen molar-refractivity contribution in [3.8, 4) is 0 Å². The molecule has 0 saturated carbocycles. The Morgan fingerprint density at radius 3 is 2.81 bits per heavy atom. The number of amides is 1. The van der Waals surface area contributed by atoms with E-state index < -0.39 is 0 Å². The van der Waals surface area contributed by atoms with E-state index in [1.165, 1.54) is 11.8 Å². The third kappa shape index (κ3) is 3.39. The lowest BCUT2D eigenvalue weighted by Crippen LogP contribution is -2.33. The SMILES string of the molecule is CCCCN(C)C(=O)CC1CSc2nc3c(cnn3C(C)(C)C)c(=O)n21. The van der Waals surface area contributed by atoms with E-state index in [4.69, 9.17) is 4.98 Å². The van der Waals surface area contributed by atoms with Gasteiger partial charge in [-0.2, -0.15) is 5.10 Å². The molecule has 2 aromatic heterocycles. The Bertz CT molecular complexity index is 880. The van der Waals surface area contributed by atoms with Crippen molar-refractivity contribution in [1.82, 2.24) is 24.2 Å². The maximum Gasteiger partial charge on any atom is 0.265 e. The number of rotatable bonds is 5. The number of carbonyl (C=O) groups is 1. The lowest BCUT2D eigenvalue weighted by molar-refractivity contribution is -0.130. The van der Waals surface area contributed by atoms with Crippen molar-refractivity contribution in [2.45, 2.75) is 63.7 Å². The van der Waals surface area contributed by atoms with Gasteiger partial charge < -0.3 is 4.90 Å². The number of nitrogens with zero attached hydrogens (tertiary/aromatic N) is 5. The zero-order valence-corrected chi connectivity index (χ0v) is 17.0. The van der Waals surface area contributed by atoms with E-state index in [2.05, 4.69) is 12.0 Å². The second-order valence-electron chi connectivity index (χ2n) is 7.87. The van der Waals surface area contributed by atoms with E-state index in [1.807, 2.05) is 27.8 Å². The molecular formula is C18H27N5O2S. The number of hydrogen-bond acceptors (Lipinski definition) is 5. The van der Waals surface area contributed by atoms with E-state index in [0.717, 1.165) is 19.4 Å². The van der Waals surface area contributed by atoms with Crippen molar-refractivity contribution in [2.75, 3.05) is 19.3 Å². The largest absolute Gasteiger partial charge is 0.346 e. The molecule has 1 aliphatic rings. The molecule has 0 aliphatic carbocycles. The van der Waals surface area contributed by atoms with Gasteiger partial charge in [0.1, 0.15) is 5.39 Å². The number of carbonyl (C=O) groups excluding carboxylic acids is 1. The predicted octanol–water partition coefficient (Wildman–Crippen LogP) is 2.64. The number of aromatic nitrogens is 4. The van der Waals surface area contributed by atoms with Crippen molar-refractivity contribution in [1.29, 1.82) is 0 Å². The summed E-state index contributed by atoms with van der Waals surface area (Å²) in [7, 11) is 1.83. The van der Waals surface area contributed by atoms with Crippen LogP contribution in [0, 0.1) is 0 Å². The Hall–Kier alpha value is -1.83. The Kier molecular flexibility index (Phi) is 5.14. The fraction of sp³-hybridized carbons (Fsp3) is 0.667. The molecule has 2 aromatic rings. The molecule has 3 heterocycles. The Morgan fingerprint density at radius 1 is 1.42 bits per heavy atom. The van der Waals surface area contributed by atoms with Crippen molar-refractivity contribution >= 4 is 28.7 Å². The first kappa shape index (κ1) is 18.9. The maximum absolute atomic E-state index is 13.0. The molecule has 0 saturated heterocycles. The van der Waals surface area contributed by atoms with Gasteiger partial charge in [-0.3, -0.25) is 14.2 Å². The fourth-order valence-electron chi connectivity index (χ4n) is 3.15. The summed E-state index contributed by atoms with van der Waals surface area (Å²) < 4.78 is 3.48. The predicted molar refractivity (Wildman–Crippen MR) is 104 cm³/mol. The summed E-state index contributed by atoms with van der Waals surface area (Å²) in [5.41, 5.74) is 0.272. The first-order chi connectivity index (χ1) is 12.2. The molecular weight excluding hydrogens is 350 g/mol. The average Bonchev–Trinajstić information content (AvgIpc) is 3.17. The van der Waals surface area contributed by atoms with Crippen LogP contribution in [0.2, 0.25) is 0 Å². The van der Waals surface area contributed by atoms with Crippen LogP contribution in [0.1, 0.15) is 53.0 Å². The van der Waals surface area contributed by atoms with Gasteiger partial charge in [-0.25, -0.2) is 9.67 Å². The van der Waals surface area contributed by atoms with Gasteiger partial charge in [0.15, 0.2) is 10.8 Å². The van der Waals surface area contributed by atoms with Crippen LogP contribution in [0.3, 0.4) is 0 Å². The van der Waals surface area contributed by atoms with Gasteiger partial charge in [-0.1, -0.05) is 25.1 Å². The monoisotopic (exact) mass is 377 g/mol. The lowest BCUT2D eigenvalue weighted by atomic mass is 10.1. The summed E-state index contributed by atoms with van der Waals surface area (Å²) in [5.74, 6) is 0.778. The minimum absolute atomic E-state index is 0.0780. The van der Waals surface area contributed by atoms with Crippen LogP contribution in [-0.2, 0) is 10.3 Å². The topological polar surface area (TPSA) is 73.0 Å². The normalized spacial score (nSPS) is 16.9. The number of thioether (sulfide) groups is 1. The Labute approximate surface area is 157 Å². The molecule has 8 heteroatoms. The van der Waals surface area contributed by atoms with Gasteiger partial charge >= 0.3 is 0 Å². The minimum atomic E-state index is -0.249. The molecule has 0 bridgehead atoms. The van der Waals surface area contributed by atoms with E-state index in [9.17, 15) is 9.59 Å². The molecule has 0 radical (unpaired) electrons. The number of unbranched alkanes of at least 4 members (excludes halogenated alkanes) is 1. The van der Waals surface area contributed by atoms with Gasteiger partial charge in [0.25, 0.3) is 5.56 Å². The summed E-state index contributed by atoms with van der Waals surface area (Å²) in [6, 6.07) is -0.144. The van der Waals surface area contributed by atoms with E-state index in [0.29, 0.717) is 28.4 Å². The van der Waals surface area contributed by atoms with E-state index in [-0.39, 0.29) is 23.0 Å². The second-order valence-corrected chi connectivity index (χ2v) is 8.86. The molecule has 0 N–H and O–H groups in total. The highest BCUT2D eigenvalue weighted by molar-refractivity contribution is 7.99. The Balaban J connectivity index is 1.91. The van der Waals surface area contributed by atoms with Crippen molar-refractivity contribution in [3.05, 3.63) is 16.6 Å². The summed E-state index contributed by atoms with van der Waals surface area (Å²) in [6.45, 7) is 8.97. The molecule has 0 aromatic carbocycles. The van der Waals surface area contributed by atoms with Crippen LogP contribution in [0.15, 0.2) is 16.1 Å². The quantitative estimate of drug-likeness (QED) is 0.749. The summed E-state index contributed by atoms with van der Waals surface area (Å²) in [5, 5.41) is 5.57. The number of hydrogen-bond donors (Lipinski definition) is 0. The highest BCUT2D eigenvalue weighted by Crippen LogP contribution is 2.34. The van der Waals surface area contributed by atoms with Gasteiger partial charge in [0.2, 0.25) is 5.91 Å². The minimum Gasteiger partial charge on any atom is -0.346 e. The highest BCUT2D eigenvalue weighted by atomic mass is 32.2. The number of fused-ring (bicyclic) bond motifs is 2. The van der Waals surface area contributed by atoms with Crippen LogP contribution in [0.5, 0.6) is 0 Å². The molecule has 26 heavy (non-hydrogen) atoms. The van der Waals surface area contributed by atoms with E-state index in [1.54, 1.807) is 20.3 Å². The molecule has 1 unspecified atom stereocenters. The molecule has 7 nitrogen and oxygen atoms in total. The lowest BCUT2D eigenvalue weighted by Gasteiger charge is -2.21. The maximum atomic E-state index is 13.0. The van der Waals surface area contributed by atoms with Crippen molar-refractivity contribution in [3.63, 3.8) is 0 Å². The van der Waals surface area contributed by atoms with Crippen LogP contribution in [0.4, 0.5) is 0 Å². The van der Waals surface area contributed by atoms with Crippen molar-refractivity contribution < 1.29 is 4.79 Å². The van der Waals surface area contributed by atoms with Crippen LogP contribution < -0.4 is 5.56 Å². The van der Waals surface area contributed by atoms with Crippen molar-refractivity contribution in [2.24, 2.45) is 0 Å². The third-order valence-electron chi connectivity index (χ3n) is 4.69. The molecule has 1 aliphatic heterocycles. The van der Waals surface area contributed by atoms with Gasteiger partial charge in [-0.15, -0.1) is 0 Å². The highest BCUT2D eigenvalue weighted by Gasteiger charge is 2.31. The van der Waals surface area contributed by atoms with Crippen LogP contribution >= 0.6 is 11.8 Å². The van der Waals surface area contributed by atoms with E-state index >= 15 is 0 Å². The summed E-state index contributed by atoms with van der Waals surface area (Å²) in [4.78, 5) is 32.0. The van der Waals surface area contributed by atoms with Gasteiger partial charge in [0.05, 0.1) is 17.8 Å². The standard InChI is InChI=1S/C18H27N5O2S/c1-6-7-8-21(5)14(24)9-12-11-26-17-20-15-13(16(25)22(12)17)10-19-23(15)18(2,3)4/h10,12H,6-9,11H2,1-5H3. The molecule has 0 fully saturated rings. The molecule has 142 valence electrons.